The van der Waals surface area contributed by atoms with Crippen LogP contribution in [0.2, 0.25) is 5.02 Å². The average molecular weight is 375 g/mol. The van der Waals surface area contributed by atoms with Crippen molar-refractivity contribution in [1.29, 1.82) is 0 Å². The zero-order valence-electron chi connectivity index (χ0n) is 12.0. The van der Waals surface area contributed by atoms with E-state index < -0.39 is 0 Å². The summed E-state index contributed by atoms with van der Waals surface area (Å²) in [5.74, 6) is -0.258. The van der Waals surface area contributed by atoms with E-state index >= 15 is 0 Å². The highest BCUT2D eigenvalue weighted by molar-refractivity contribution is 9.10. The fourth-order valence-corrected chi connectivity index (χ4v) is 2.92. The molecule has 0 radical (unpaired) electrons. The monoisotopic (exact) mass is 373 g/mol. The predicted molar refractivity (Wildman–Crippen MR) is 87.1 cm³/mol. The third kappa shape index (κ3) is 3.65. The Bertz CT molecular complexity index is 615. The molecule has 0 amide bonds. The molecule has 0 bridgehead atoms. The van der Waals surface area contributed by atoms with E-state index in [1.165, 1.54) is 6.07 Å². The Morgan fingerprint density at radius 1 is 1.43 bits per heavy atom. The van der Waals surface area contributed by atoms with Crippen LogP contribution in [0.5, 0.6) is 0 Å². The molecule has 0 spiro atoms. The second-order valence-corrected chi connectivity index (χ2v) is 6.07. The third-order valence-electron chi connectivity index (χ3n) is 3.27. The number of hydrogen-bond acceptors (Lipinski definition) is 2. The van der Waals surface area contributed by atoms with Gasteiger partial charge in [-0.05, 0) is 38.1 Å². The summed E-state index contributed by atoms with van der Waals surface area (Å²) < 4.78 is 16.9. The van der Waals surface area contributed by atoms with Crippen LogP contribution >= 0.6 is 27.5 Å². The Labute approximate surface area is 137 Å². The van der Waals surface area contributed by atoms with Gasteiger partial charge in [-0.3, -0.25) is 4.68 Å². The number of nitrogens with zero attached hydrogens (tertiary/aromatic N) is 2. The topological polar surface area (TPSA) is 29.9 Å². The van der Waals surface area contributed by atoms with Crippen LogP contribution in [0.4, 0.5) is 4.39 Å². The zero-order chi connectivity index (χ0) is 15.4. The predicted octanol–water partition coefficient (Wildman–Crippen LogP) is 4.55. The highest BCUT2D eigenvalue weighted by atomic mass is 79.9. The Balaban J connectivity index is 2.52. The molecule has 6 heteroatoms. The van der Waals surface area contributed by atoms with Gasteiger partial charge in [-0.1, -0.05) is 34.5 Å². The van der Waals surface area contributed by atoms with Gasteiger partial charge in [0.15, 0.2) is 0 Å². The van der Waals surface area contributed by atoms with Crippen LogP contribution in [-0.2, 0) is 6.54 Å². The molecule has 1 aromatic carbocycles. The summed E-state index contributed by atoms with van der Waals surface area (Å²) in [6.07, 6.45) is 2.56. The molecule has 3 nitrogen and oxygen atoms in total. The number of aryl methyl sites for hydroxylation is 1. The highest BCUT2D eigenvalue weighted by Crippen LogP contribution is 2.31. The molecular weight excluding hydrogens is 357 g/mol. The van der Waals surface area contributed by atoms with Crippen molar-refractivity contribution < 1.29 is 4.39 Å². The van der Waals surface area contributed by atoms with E-state index in [4.69, 9.17) is 11.6 Å². The summed E-state index contributed by atoms with van der Waals surface area (Å²) in [5, 5.41) is 8.16. The molecule has 1 unspecified atom stereocenters. The molecule has 0 saturated carbocycles. The summed E-state index contributed by atoms with van der Waals surface area (Å²) in [6, 6.07) is 4.61. The maximum atomic E-state index is 14.3. The highest BCUT2D eigenvalue weighted by Gasteiger charge is 2.24. The van der Waals surface area contributed by atoms with Crippen LogP contribution < -0.4 is 5.32 Å². The van der Waals surface area contributed by atoms with Gasteiger partial charge in [-0.2, -0.15) is 5.10 Å². The minimum Gasteiger partial charge on any atom is -0.305 e. The quantitative estimate of drug-likeness (QED) is 0.804. The molecule has 0 aliphatic heterocycles. The minimum atomic E-state index is -0.322. The van der Waals surface area contributed by atoms with E-state index in [0.717, 1.165) is 23.1 Å². The number of halogens is 3. The van der Waals surface area contributed by atoms with Crippen molar-refractivity contribution in [2.24, 2.45) is 0 Å². The number of aromatic nitrogens is 2. The van der Waals surface area contributed by atoms with Crippen molar-refractivity contribution in [1.82, 2.24) is 15.1 Å². The summed E-state index contributed by atoms with van der Waals surface area (Å²) in [4.78, 5) is 0. The first-order chi connectivity index (χ1) is 10.1. The normalized spacial score (nSPS) is 12.6. The lowest BCUT2D eigenvalue weighted by Gasteiger charge is -2.21. The van der Waals surface area contributed by atoms with Gasteiger partial charge in [0.2, 0.25) is 0 Å². The second-order valence-electron chi connectivity index (χ2n) is 4.75. The van der Waals surface area contributed by atoms with Gasteiger partial charge in [0, 0.05) is 16.6 Å². The van der Waals surface area contributed by atoms with Crippen molar-refractivity contribution in [3.63, 3.8) is 0 Å². The molecule has 0 aliphatic rings. The van der Waals surface area contributed by atoms with Gasteiger partial charge >= 0.3 is 0 Å². The maximum absolute atomic E-state index is 14.3. The van der Waals surface area contributed by atoms with Crippen molar-refractivity contribution in [3.05, 3.63) is 51.0 Å². The van der Waals surface area contributed by atoms with Crippen molar-refractivity contribution in [2.45, 2.75) is 32.9 Å². The fourth-order valence-electron chi connectivity index (χ4n) is 2.29. The van der Waals surface area contributed by atoms with Gasteiger partial charge in [0.05, 0.1) is 23.0 Å². The van der Waals surface area contributed by atoms with Crippen LogP contribution in [0, 0.1) is 5.82 Å². The van der Waals surface area contributed by atoms with Crippen LogP contribution in [0.3, 0.4) is 0 Å². The SMILES string of the molecule is CCCNC(c1cc(Br)ccc1F)c1c(Cl)cnn1CC. The van der Waals surface area contributed by atoms with Crippen molar-refractivity contribution >= 4 is 27.5 Å². The van der Waals surface area contributed by atoms with E-state index in [0.29, 0.717) is 17.1 Å². The molecule has 21 heavy (non-hydrogen) atoms. The second kappa shape index (κ2) is 7.38. The molecule has 114 valence electrons. The Morgan fingerprint density at radius 3 is 2.86 bits per heavy atom. The summed E-state index contributed by atoms with van der Waals surface area (Å²) in [5.41, 5.74) is 1.36. The third-order valence-corrected chi connectivity index (χ3v) is 4.06. The van der Waals surface area contributed by atoms with Crippen LogP contribution in [0.25, 0.3) is 0 Å². The zero-order valence-corrected chi connectivity index (χ0v) is 14.4. The van der Waals surface area contributed by atoms with Crippen molar-refractivity contribution in [2.75, 3.05) is 6.54 Å². The van der Waals surface area contributed by atoms with E-state index in [-0.39, 0.29) is 11.9 Å². The van der Waals surface area contributed by atoms with Crippen LogP contribution in [-0.4, -0.2) is 16.3 Å². The Kier molecular flexibility index (Phi) is 5.79. The maximum Gasteiger partial charge on any atom is 0.128 e. The standard InChI is InChI=1S/C15H18BrClFN3/c1-3-7-19-14(11-8-10(16)5-6-13(11)18)15-12(17)9-20-21(15)4-2/h5-6,8-9,14,19H,3-4,7H2,1-2H3. The molecule has 0 aliphatic carbocycles. The average Bonchev–Trinajstić information content (AvgIpc) is 2.84. The smallest absolute Gasteiger partial charge is 0.128 e. The fraction of sp³-hybridized carbons (Fsp3) is 0.400. The lowest BCUT2D eigenvalue weighted by molar-refractivity contribution is 0.505. The largest absolute Gasteiger partial charge is 0.305 e. The summed E-state index contributed by atoms with van der Waals surface area (Å²) >= 11 is 9.68. The number of benzene rings is 1. The molecule has 2 rings (SSSR count). The Hall–Kier alpha value is -0.910. The summed E-state index contributed by atoms with van der Waals surface area (Å²) in [6.45, 7) is 5.50. The van der Waals surface area contributed by atoms with Crippen LogP contribution in [0.15, 0.2) is 28.9 Å². The van der Waals surface area contributed by atoms with E-state index in [1.54, 1.807) is 23.0 Å². The molecule has 1 N–H and O–H groups in total. The van der Waals surface area contributed by atoms with Gasteiger partial charge in [0.1, 0.15) is 5.82 Å². The molecule has 1 atom stereocenters. The molecule has 1 aromatic heterocycles. The molecule has 0 saturated heterocycles. The lowest BCUT2D eigenvalue weighted by Crippen LogP contribution is -2.27. The molecule has 1 heterocycles. The van der Waals surface area contributed by atoms with Crippen LogP contribution in [0.1, 0.15) is 37.6 Å². The Morgan fingerprint density at radius 2 is 2.19 bits per heavy atom. The first-order valence-electron chi connectivity index (χ1n) is 6.98. The van der Waals surface area contributed by atoms with E-state index in [2.05, 4.69) is 33.3 Å². The first kappa shape index (κ1) is 16.5. The van der Waals surface area contributed by atoms with Gasteiger partial charge < -0.3 is 5.32 Å². The minimum absolute atomic E-state index is 0.258. The van der Waals surface area contributed by atoms with E-state index in [1.807, 2.05) is 6.92 Å². The van der Waals surface area contributed by atoms with Gasteiger partial charge in [-0.15, -0.1) is 0 Å². The van der Waals surface area contributed by atoms with Gasteiger partial charge in [0.25, 0.3) is 0 Å². The first-order valence-corrected chi connectivity index (χ1v) is 8.15. The number of hydrogen-bond donors (Lipinski definition) is 1. The lowest BCUT2D eigenvalue weighted by atomic mass is 10.0. The number of rotatable bonds is 6. The van der Waals surface area contributed by atoms with E-state index in [9.17, 15) is 4.39 Å². The molecule has 2 aromatic rings. The number of nitrogens with one attached hydrogen (secondary N) is 1. The molecule has 0 fully saturated rings. The molecular formula is C15H18BrClFN3. The van der Waals surface area contributed by atoms with Gasteiger partial charge in [-0.25, -0.2) is 4.39 Å². The van der Waals surface area contributed by atoms with Crippen molar-refractivity contribution in [3.8, 4) is 0 Å². The summed E-state index contributed by atoms with van der Waals surface area (Å²) in [7, 11) is 0.